The van der Waals surface area contributed by atoms with Crippen LogP contribution in [0.4, 0.5) is 0 Å². The van der Waals surface area contributed by atoms with Crippen LogP contribution >= 0.6 is 0 Å². The van der Waals surface area contributed by atoms with Crippen LogP contribution in [0.15, 0.2) is 59.5 Å². The molecule has 3 heterocycles. The summed E-state index contributed by atoms with van der Waals surface area (Å²) < 4.78 is 12.5. The van der Waals surface area contributed by atoms with Crippen molar-refractivity contribution in [3.63, 3.8) is 0 Å². The Hall–Kier alpha value is -4.11. The van der Waals surface area contributed by atoms with Gasteiger partial charge in [0.2, 0.25) is 11.8 Å². The Morgan fingerprint density at radius 2 is 1.80 bits per heavy atom. The lowest BCUT2D eigenvalue weighted by Gasteiger charge is -2.16. The zero-order valence-corrected chi connectivity index (χ0v) is 20.3. The summed E-state index contributed by atoms with van der Waals surface area (Å²) >= 11 is 0. The molecule has 0 aliphatic carbocycles. The van der Waals surface area contributed by atoms with Gasteiger partial charge in [0.15, 0.2) is 5.82 Å². The smallest absolute Gasteiger partial charge is 0.264 e. The first-order valence-electron chi connectivity index (χ1n) is 11.1. The first kappa shape index (κ1) is 24.0. The van der Waals surface area contributed by atoms with Crippen LogP contribution in [-0.2, 0) is 12.2 Å². The largest absolute Gasteiger partial charge is 0.481 e. The van der Waals surface area contributed by atoms with E-state index in [1.165, 1.54) is 4.57 Å². The lowest BCUT2D eigenvalue weighted by molar-refractivity contribution is 0.0688. The minimum Gasteiger partial charge on any atom is -0.481 e. The highest BCUT2D eigenvalue weighted by Gasteiger charge is 2.20. The van der Waals surface area contributed by atoms with Crippen LogP contribution in [0.5, 0.6) is 11.8 Å². The monoisotopic (exact) mass is 473 g/mol. The van der Waals surface area contributed by atoms with Crippen molar-refractivity contribution in [1.82, 2.24) is 24.5 Å². The molecule has 35 heavy (non-hydrogen) atoms. The number of rotatable bonds is 7. The number of aromatic nitrogens is 5. The third-order valence-corrected chi connectivity index (χ3v) is 5.38. The van der Waals surface area contributed by atoms with Crippen LogP contribution in [-0.4, -0.2) is 36.7 Å². The summed E-state index contributed by atoms with van der Waals surface area (Å²) in [6.07, 6.45) is 1.61. The molecule has 0 atom stereocenters. The van der Waals surface area contributed by atoms with Crippen molar-refractivity contribution in [1.29, 1.82) is 0 Å². The van der Waals surface area contributed by atoms with Gasteiger partial charge in [-0.25, -0.2) is 15.0 Å². The average Bonchev–Trinajstić information content (AvgIpc) is 2.85. The van der Waals surface area contributed by atoms with Gasteiger partial charge in [0.1, 0.15) is 18.0 Å². The van der Waals surface area contributed by atoms with Crippen molar-refractivity contribution in [3.8, 4) is 28.7 Å². The van der Waals surface area contributed by atoms with Gasteiger partial charge < -0.3 is 14.6 Å². The molecule has 4 rings (SSSR count). The number of ether oxygens (including phenoxy) is 2. The Balaban J connectivity index is 1.66. The van der Waals surface area contributed by atoms with Crippen LogP contribution in [0.3, 0.4) is 0 Å². The second kappa shape index (κ2) is 9.63. The highest BCUT2D eigenvalue weighted by molar-refractivity contribution is 5.62. The molecule has 0 bridgehead atoms. The molecule has 3 aromatic heterocycles. The molecule has 0 unspecified atom stereocenters. The molecule has 0 spiro atoms. The molecule has 180 valence electrons. The summed E-state index contributed by atoms with van der Waals surface area (Å²) in [5.41, 5.74) is 1.71. The minimum absolute atomic E-state index is 0.153. The third-order valence-electron chi connectivity index (χ3n) is 5.38. The van der Waals surface area contributed by atoms with E-state index in [-0.39, 0.29) is 18.0 Å². The van der Waals surface area contributed by atoms with Crippen molar-refractivity contribution in [2.24, 2.45) is 0 Å². The Kier molecular flexibility index (Phi) is 6.61. The van der Waals surface area contributed by atoms with Crippen molar-refractivity contribution < 1.29 is 14.6 Å². The summed E-state index contributed by atoms with van der Waals surface area (Å²) in [5.74, 6) is 1.54. The lowest BCUT2D eigenvalue weighted by atomic mass is 10.1. The zero-order valence-electron chi connectivity index (χ0n) is 20.3. The number of pyridine rings is 1. The van der Waals surface area contributed by atoms with Gasteiger partial charge >= 0.3 is 0 Å². The number of methoxy groups -OCH3 is 1. The molecule has 9 nitrogen and oxygen atoms in total. The molecule has 0 amide bonds. The molecule has 0 aliphatic heterocycles. The molecule has 1 N–H and O–H groups in total. The number of nitrogens with zero attached hydrogens (tertiary/aromatic N) is 5. The molecule has 1 aromatic carbocycles. The quantitative estimate of drug-likeness (QED) is 0.434. The van der Waals surface area contributed by atoms with Crippen molar-refractivity contribution in [3.05, 3.63) is 88.0 Å². The van der Waals surface area contributed by atoms with E-state index in [9.17, 15) is 9.90 Å². The van der Waals surface area contributed by atoms with E-state index in [0.717, 1.165) is 5.56 Å². The van der Waals surface area contributed by atoms with Gasteiger partial charge in [-0.2, -0.15) is 4.98 Å². The number of benzene rings is 1. The van der Waals surface area contributed by atoms with Crippen LogP contribution in [0.1, 0.15) is 36.8 Å². The predicted molar refractivity (Wildman–Crippen MR) is 131 cm³/mol. The second-order valence-electron chi connectivity index (χ2n) is 8.56. The topological polar surface area (TPSA) is 112 Å². The Bertz CT molecular complexity index is 1430. The highest BCUT2D eigenvalue weighted by Crippen LogP contribution is 2.24. The van der Waals surface area contributed by atoms with E-state index in [4.69, 9.17) is 9.47 Å². The number of hydrogen-bond donors (Lipinski definition) is 1. The van der Waals surface area contributed by atoms with Crippen molar-refractivity contribution in [2.75, 3.05) is 7.11 Å². The molecule has 0 saturated carbocycles. The maximum Gasteiger partial charge on any atom is 0.264 e. The van der Waals surface area contributed by atoms with Crippen LogP contribution in [0.25, 0.3) is 16.9 Å². The molecule has 0 radical (unpaired) electrons. The zero-order chi connectivity index (χ0) is 25.2. The average molecular weight is 474 g/mol. The molecule has 0 fully saturated rings. The first-order chi connectivity index (χ1) is 16.7. The summed E-state index contributed by atoms with van der Waals surface area (Å²) in [4.78, 5) is 30.8. The Morgan fingerprint density at radius 1 is 1.03 bits per heavy atom. The normalized spacial score (nSPS) is 11.4. The number of hydrogen-bond acceptors (Lipinski definition) is 8. The van der Waals surface area contributed by atoms with E-state index >= 15 is 0 Å². The van der Waals surface area contributed by atoms with Gasteiger partial charge in [-0.15, -0.1) is 0 Å². The lowest BCUT2D eigenvalue weighted by Crippen LogP contribution is -2.25. The summed E-state index contributed by atoms with van der Waals surface area (Å²) in [6.45, 7) is 6.85. The fourth-order valence-electron chi connectivity index (χ4n) is 3.54. The van der Waals surface area contributed by atoms with E-state index < -0.39 is 5.60 Å². The van der Waals surface area contributed by atoms with E-state index in [1.54, 1.807) is 53.1 Å². The third kappa shape index (κ3) is 5.20. The Labute approximate surface area is 203 Å². The van der Waals surface area contributed by atoms with Gasteiger partial charge in [0, 0.05) is 17.8 Å². The molecule has 0 aliphatic rings. The fraction of sp³-hybridized carbons (Fsp3) is 0.269. The molecule has 4 aromatic rings. The van der Waals surface area contributed by atoms with E-state index in [1.807, 2.05) is 36.4 Å². The molecular formula is C26H27N5O4. The van der Waals surface area contributed by atoms with Gasteiger partial charge in [-0.05, 0) is 52.0 Å². The maximum atomic E-state index is 13.3. The Morgan fingerprint density at radius 3 is 2.54 bits per heavy atom. The SMILES string of the molecule is COc1cccc(COc2nc(C)n(-c3cccc(-c4ccnc(C(C)(C)O)n4)c3)c(=O)c2C)n1. The number of aryl methyl sites for hydroxylation is 1. The van der Waals surface area contributed by atoms with Crippen LogP contribution in [0, 0.1) is 13.8 Å². The molecular weight excluding hydrogens is 446 g/mol. The van der Waals surface area contributed by atoms with E-state index in [2.05, 4.69) is 19.9 Å². The van der Waals surface area contributed by atoms with Crippen molar-refractivity contribution >= 4 is 0 Å². The maximum absolute atomic E-state index is 13.3. The fourth-order valence-corrected chi connectivity index (χ4v) is 3.54. The standard InChI is InChI=1S/C26H27N5O4/c1-16-23(35-15-19-9-7-11-22(29-19)34-5)28-17(2)31(24(16)32)20-10-6-8-18(14-20)21-12-13-27-25(30-21)26(3,4)33/h6-14,33H,15H2,1-5H3. The van der Waals surface area contributed by atoms with Gasteiger partial charge in [0.25, 0.3) is 5.56 Å². The van der Waals surface area contributed by atoms with Gasteiger partial charge in [0.05, 0.1) is 29.7 Å². The summed E-state index contributed by atoms with van der Waals surface area (Å²) in [5, 5.41) is 10.3. The van der Waals surface area contributed by atoms with Crippen molar-refractivity contribution in [2.45, 2.75) is 39.9 Å². The number of aliphatic hydroxyl groups is 1. The molecule has 0 saturated heterocycles. The highest BCUT2D eigenvalue weighted by atomic mass is 16.5. The minimum atomic E-state index is -1.17. The van der Waals surface area contributed by atoms with Gasteiger partial charge in [-0.3, -0.25) is 9.36 Å². The van der Waals surface area contributed by atoms with Crippen LogP contribution < -0.4 is 15.0 Å². The summed E-state index contributed by atoms with van der Waals surface area (Å²) in [7, 11) is 1.55. The second-order valence-corrected chi connectivity index (χ2v) is 8.56. The van der Waals surface area contributed by atoms with Crippen LogP contribution in [0.2, 0.25) is 0 Å². The van der Waals surface area contributed by atoms with E-state index in [0.29, 0.717) is 40.2 Å². The summed E-state index contributed by atoms with van der Waals surface area (Å²) in [6, 6.07) is 14.6. The van der Waals surface area contributed by atoms with Gasteiger partial charge in [-0.1, -0.05) is 18.2 Å². The predicted octanol–water partition coefficient (Wildman–Crippen LogP) is 3.52. The first-order valence-corrected chi connectivity index (χ1v) is 11.1. The molecule has 9 heteroatoms.